The van der Waals surface area contributed by atoms with Crippen molar-refractivity contribution >= 4 is 5.97 Å². The fourth-order valence-corrected chi connectivity index (χ4v) is 2.02. The summed E-state index contributed by atoms with van der Waals surface area (Å²) in [4.78, 5) is 22.5. The lowest BCUT2D eigenvalue weighted by Gasteiger charge is -2.17. The molecule has 0 aliphatic carbocycles. The second-order valence-electron chi connectivity index (χ2n) is 4.42. The lowest BCUT2D eigenvalue weighted by Crippen LogP contribution is -2.21. The Morgan fingerprint density at radius 1 is 1.50 bits per heavy atom. The van der Waals surface area contributed by atoms with E-state index in [9.17, 15) is 14.7 Å². The predicted molar refractivity (Wildman–Crippen MR) is 71.6 cm³/mol. The SMILES string of the molecule is CCC[C@@H](Cc1oc(=O)cc(OC)c1CO)OC(C)=O. The number of hydrogen-bond acceptors (Lipinski definition) is 6. The van der Waals surface area contributed by atoms with E-state index in [4.69, 9.17) is 13.9 Å². The molecule has 6 heteroatoms. The van der Waals surface area contributed by atoms with Gasteiger partial charge in [-0.3, -0.25) is 4.79 Å². The maximum Gasteiger partial charge on any atom is 0.339 e. The van der Waals surface area contributed by atoms with E-state index in [-0.39, 0.29) is 30.5 Å². The summed E-state index contributed by atoms with van der Waals surface area (Å²) in [6.45, 7) is 2.98. The van der Waals surface area contributed by atoms with Gasteiger partial charge in [0.15, 0.2) is 0 Å². The van der Waals surface area contributed by atoms with Gasteiger partial charge < -0.3 is 19.0 Å². The van der Waals surface area contributed by atoms with Gasteiger partial charge in [-0.1, -0.05) is 13.3 Å². The van der Waals surface area contributed by atoms with Crippen LogP contribution in [-0.4, -0.2) is 24.3 Å². The Kier molecular flexibility index (Phi) is 6.24. The highest BCUT2D eigenvalue weighted by Gasteiger charge is 2.19. The number of rotatable bonds is 7. The summed E-state index contributed by atoms with van der Waals surface area (Å²) >= 11 is 0. The van der Waals surface area contributed by atoms with Crippen molar-refractivity contribution in [3.8, 4) is 5.75 Å². The maximum atomic E-state index is 11.5. The monoisotopic (exact) mass is 284 g/mol. The molecule has 0 amide bonds. The first-order valence-electron chi connectivity index (χ1n) is 6.49. The third kappa shape index (κ3) is 4.38. The number of hydrogen-bond donors (Lipinski definition) is 1. The summed E-state index contributed by atoms with van der Waals surface area (Å²) in [6.07, 6.45) is 1.31. The maximum absolute atomic E-state index is 11.5. The number of methoxy groups -OCH3 is 1. The van der Waals surface area contributed by atoms with Gasteiger partial charge >= 0.3 is 11.6 Å². The number of ether oxygens (including phenoxy) is 2. The Labute approximate surface area is 117 Å². The van der Waals surface area contributed by atoms with E-state index in [2.05, 4.69) is 0 Å². The van der Waals surface area contributed by atoms with E-state index >= 15 is 0 Å². The Hall–Kier alpha value is -1.82. The standard InChI is InChI=1S/C14H20O6/c1-4-5-10(19-9(2)16)6-13-11(8-15)12(18-3)7-14(17)20-13/h7,10,15H,4-6,8H2,1-3H3/t10-/m0/s1. The van der Waals surface area contributed by atoms with Crippen LogP contribution in [0.3, 0.4) is 0 Å². The number of aliphatic hydroxyl groups is 1. The van der Waals surface area contributed by atoms with Crippen molar-refractivity contribution in [2.45, 2.75) is 45.8 Å². The van der Waals surface area contributed by atoms with Crippen molar-refractivity contribution in [2.75, 3.05) is 7.11 Å². The molecule has 0 saturated carbocycles. The van der Waals surface area contributed by atoms with Gasteiger partial charge in [-0.05, 0) is 6.42 Å². The number of carbonyl (C=O) groups is 1. The van der Waals surface area contributed by atoms with Gasteiger partial charge in [-0.25, -0.2) is 4.79 Å². The van der Waals surface area contributed by atoms with Gasteiger partial charge in [0.1, 0.15) is 17.6 Å². The molecule has 0 radical (unpaired) electrons. The van der Waals surface area contributed by atoms with Crippen LogP contribution >= 0.6 is 0 Å². The second-order valence-corrected chi connectivity index (χ2v) is 4.42. The van der Waals surface area contributed by atoms with E-state index in [0.717, 1.165) is 6.42 Å². The summed E-state index contributed by atoms with van der Waals surface area (Å²) in [6, 6.07) is 1.18. The molecule has 1 aromatic rings. The summed E-state index contributed by atoms with van der Waals surface area (Å²) in [7, 11) is 1.41. The Morgan fingerprint density at radius 2 is 2.20 bits per heavy atom. The lowest BCUT2D eigenvalue weighted by atomic mass is 10.1. The van der Waals surface area contributed by atoms with Crippen LogP contribution in [0, 0.1) is 0 Å². The zero-order chi connectivity index (χ0) is 15.1. The predicted octanol–water partition coefficient (Wildman–Crippen LogP) is 1.41. The van der Waals surface area contributed by atoms with Crippen molar-refractivity contribution in [1.82, 2.24) is 0 Å². The highest BCUT2D eigenvalue weighted by atomic mass is 16.5. The highest BCUT2D eigenvalue weighted by molar-refractivity contribution is 5.66. The molecule has 112 valence electrons. The molecule has 0 spiro atoms. The fraction of sp³-hybridized carbons (Fsp3) is 0.571. The van der Waals surface area contributed by atoms with Gasteiger partial charge in [-0.2, -0.15) is 0 Å². The molecule has 0 unspecified atom stereocenters. The molecule has 0 fully saturated rings. The first kappa shape index (κ1) is 16.2. The Balaban J connectivity index is 3.07. The van der Waals surface area contributed by atoms with Crippen LogP contribution in [0.25, 0.3) is 0 Å². The van der Waals surface area contributed by atoms with Crippen LogP contribution < -0.4 is 10.4 Å². The van der Waals surface area contributed by atoms with Crippen molar-refractivity contribution in [3.05, 3.63) is 27.8 Å². The molecule has 1 heterocycles. The van der Waals surface area contributed by atoms with Gasteiger partial charge in [0.05, 0.1) is 25.3 Å². The molecule has 6 nitrogen and oxygen atoms in total. The molecule has 0 aliphatic heterocycles. The normalized spacial score (nSPS) is 12.0. The highest BCUT2D eigenvalue weighted by Crippen LogP contribution is 2.22. The topological polar surface area (TPSA) is 86.0 Å². The minimum atomic E-state index is -0.563. The molecule has 1 atom stereocenters. The Morgan fingerprint density at radius 3 is 2.70 bits per heavy atom. The summed E-state index contributed by atoms with van der Waals surface area (Å²) in [5, 5.41) is 9.40. The minimum Gasteiger partial charge on any atom is -0.496 e. The number of esters is 1. The van der Waals surface area contributed by atoms with Gasteiger partial charge in [0.25, 0.3) is 0 Å². The zero-order valence-electron chi connectivity index (χ0n) is 12.0. The largest absolute Gasteiger partial charge is 0.496 e. The van der Waals surface area contributed by atoms with E-state index in [1.165, 1.54) is 20.1 Å². The molecule has 1 aromatic heterocycles. The van der Waals surface area contributed by atoms with Crippen LogP contribution in [0.15, 0.2) is 15.3 Å². The molecule has 0 saturated heterocycles. The average Bonchev–Trinajstić information content (AvgIpc) is 2.37. The van der Waals surface area contributed by atoms with E-state index in [0.29, 0.717) is 12.0 Å². The Bertz CT molecular complexity index is 505. The van der Waals surface area contributed by atoms with Crippen LogP contribution in [0.1, 0.15) is 38.0 Å². The second kappa shape index (κ2) is 7.69. The van der Waals surface area contributed by atoms with Crippen molar-refractivity contribution in [3.63, 3.8) is 0 Å². The lowest BCUT2D eigenvalue weighted by molar-refractivity contribution is -0.146. The molecule has 1 rings (SSSR count). The first-order valence-corrected chi connectivity index (χ1v) is 6.49. The quantitative estimate of drug-likeness (QED) is 0.762. The number of carbonyl (C=O) groups excluding carboxylic acids is 1. The average molecular weight is 284 g/mol. The third-order valence-corrected chi connectivity index (χ3v) is 2.84. The molecule has 20 heavy (non-hydrogen) atoms. The van der Waals surface area contributed by atoms with Crippen LogP contribution in [0.2, 0.25) is 0 Å². The first-order chi connectivity index (χ1) is 9.51. The van der Waals surface area contributed by atoms with Crippen molar-refractivity contribution < 1.29 is 23.8 Å². The fourth-order valence-electron chi connectivity index (χ4n) is 2.02. The summed E-state index contributed by atoms with van der Waals surface area (Å²) < 4.78 is 15.4. The van der Waals surface area contributed by atoms with Gasteiger partial charge in [-0.15, -0.1) is 0 Å². The van der Waals surface area contributed by atoms with Crippen LogP contribution in [-0.2, 0) is 22.6 Å². The minimum absolute atomic E-state index is 0.232. The van der Waals surface area contributed by atoms with Gasteiger partial charge in [0.2, 0.25) is 0 Å². The van der Waals surface area contributed by atoms with E-state index in [1.807, 2.05) is 6.92 Å². The van der Waals surface area contributed by atoms with Gasteiger partial charge in [0, 0.05) is 13.3 Å². The van der Waals surface area contributed by atoms with Crippen LogP contribution in [0.5, 0.6) is 5.75 Å². The smallest absolute Gasteiger partial charge is 0.339 e. The molecule has 0 bridgehead atoms. The molecule has 0 aliphatic rings. The van der Waals surface area contributed by atoms with Crippen LogP contribution in [0.4, 0.5) is 0 Å². The summed E-state index contributed by atoms with van der Waals surface area (Å²) in [5.41, 5.74) is -0.160. The molecular weight excluding hydrogens is 264 g/mol. The third-order valence-electron chi connectivity index (χ3n) is 2.84. The molecular formula is C14H20O6. The van der Waals surface area contributed by atoms with E-state index < -0.39 is 11.7 Å². The molecule has 0 aromatic carbocycles. The number of aliphatic hydroxyl groups excluding tert-OH is 1. The zero-order valence-corrected chi connectivity index (χ0v) is 12.0. The van der Waals surface area contributed by atoms with E-state index in [1.54, 1.807) is 0 Å². The van der Waals surface area contributed by atoms with Crippen molar-refractivity contribution in [1.29, 1.82) is 0 Å². The summed E-state index contributed by atoms with van der Waals surface area (Å²) in [5.74, 6) is 0.174. The van der Waals surface area contributed by atoms with Crippen molar-refractivity contribution in [2.24, 2.45) is 0 Å². The molecule has 1 N–H and O–H groups in total.